The number of phosphoric acid groups is 1. The highest BCUT2D eigenvalue weighted by Gasteiger charge is 2.23. The smallest absolute Gasteiger partial charge is 0.463 e. The minimum Gasteiger partial charge on any atom is -0.463 e. The summed E-state index contributed by atoms with van der Waals surface area (Å²) < 4.78 is 26.8. The number of aliphatic hydroxyl groups is 1. The standard InChI is InChI=1S/C43H78NO8P/c1-3-5-7-9-11-13-15-17-18-19-20-21-22-24-25-27-29-31-33-35-42(46)44-37-38-51-53(48,49)52-40-41(45)39-50-43(47)36-34-32-30-28-26-23-16-14-12-10-8-6-4-2/h6,8,12,14,17-18,23,26,41,45H,3-5,7,9-11,13,15-16,19-22,24-25,27-40H2,1-2H3,(H,44,46)(H,48,49)/b8-6-,14-12-,18-17+,26-23-. The summed E-state index contributed by atoms with van der Waals surface area (Å²) >= 11 is 0. The lowest BCUT2D eigenvalue weighted by molar-refractivity contribution is -0.147. The lowest BCUT2D eigenvalue weighted by Crippen LogP contribution is -2.27. The maximum atomic E-state index is 12.1. The molecule has 3 N–H and O–H groups in total. The third kappa shape index (κ3) is 41.0. The molecule has 0 spiro atoms. The summed E-state index contributed by atoms with van der Waals surface area (Å²) in [5, 5.41) is 12.7. The highest BCUT2D eigenvalue weighted by atomic mass is 31.2. The number of unbranched alkanes of at least 4 members (excludes halogenated alkanes) is 18. The van der Waals surface area contributed by atoms with E-state index in [4.69, 9.17) is 13.8 Å². The molecule has 9 nitrogen and oxygen atoms in total. The lowest BCUT2D eigenvalue weighted by atomic mass is 10.1. The van der Waals surface area contributed by atoms with Crippen LogP contribution in [0.25, 0.3) is 0 Å². The van der Waals surface area contributed by atoms with Gasteiger partial charge in [0.05, 0.1) is 13.2 Å². The van der Waals surface area contributed by atoms with Crippen LogP contribution in [0, 0.1) is 0 Å². The third-order valence-corrected chi connectivity index (χ3v) is 9.73. The number of rotatable bonds is 39. The summed E-state index contributed by atoms with van der Waals surface area (Å²) in [6.45, 7) is 3.39. The fraction of sp³-hybridized carbons (Fsp3) is 0.767. The van der Waals surface area contributed by atoms with Crippen molar-refractivity contribution < 1.29 is 37.9 Å². The molecule has 0 fully saturated rings. The Morgan fingerprint density at radius 2 is 1.08 bits per heavy atom. The Labute approximate surface area is 324 Å². The first-order valence-electron chi connectivity index (χ1n) is 21.1. The van der Waals surface area contributed by atoms with Crippen LogP contribution in [-0.2, 0) is 27.9 Å². The molecule has 10 heteroatoms. The molecule has 0 bridgehead atoms. The number of amides is 1. The number of carbonyl (C=O) groups excluding carboxylic acids is 2. The van der Waals surface area contributed by atoms with Gasteiger partial charge in [-0.05, 0) is 70.6 Å². The number of aliphatic hydroxyl groups excluding tert-OH is 1. The fourth-order valence-corrected chi connectivity index (χ4v) is 6.32. The number of phosphoric ester groups is 1. The van der Waals surface area contributed by atoms with Crippen molar-refractivity contribution in [2.75, 3.05) is 26.4 Å². The summed E-state index contributed by atoms with van der Waals surface area (Å²) in [6.07, 6.45) is 44.8. The minimum atomic E-state index is -4.42. The highest BCUT2D eigenvalue weighted by Crippen LogP contribution is 2.42. The van der Waals surface area contributed by atoms with E-state index in [0.29, 0.717) is 12.8 Å². The van der Waals surface area contributed by atoms with Crippen LogP contribution in [-0.4, -0.2) is 54.3 Å². The molecule has 0 aromatic rings. The Bertz CT molecular complexity index is 1010. The van der Waals surface area contributed by atoms with Crippen LogP contribution >= 0.6 is 7.82 Å². The molecular formula is C43H78NO8P. The average Bonchev–Trinajstić information content (AvgIpc) is 3.14. The number of hydrogen-bond donors (Lipinski definition) is 3. The monoisotopic (exact) mass is 768 g/mol. The van der Waals surface area contributed by atoms with Crippen LogP contribution in [0.4, 0.5) is 0 Å². The summed E-state index contributed by atoms with van der Waals surface area (Å²) in [4.78, 5) is 33.8. The van der Waals surface area contributed by atoms with Gasteiger partial charge in [-0.2, -0.15) is 0 Å². The fourth-order valence-electron chi connectivity index (χ4n) is 5.57. The minimum absolute atomic E-state index is 0.0760. The molecule has 0 aliphatic carbocycles. The van der Waals surface area contributed by atoms with Gasteiger partial charge < -0.3 is 20.1 Å². The molecule has 0 aromatic carbocycles. The summed E-state index contributed by atoms with van der Waals surface area (Å²) in [6, 6.07) is 0. The predicted molar refractivity (Wildman–Crippen MR) is 220 cm³/mol. The van der Waals surface area contributed by atoms with Gasteiger partial charge in [-0.25, -0.2) is 4.57 Å². The van der Waals surface area contributed by atoms with Gasteiger partial charge in [0.25, 0.3) is 0 Å². The Balaban J connectivity index is 3.62. The second-order valence-electron chi connectivity index (χ2n) is 13.9. The predicted octanol–water partition coefficient (Wildman–Crippen LogP) is 11.5. The van der Waals surface area contributed by atoms with Crippen molar-refractivity contribution in [2.24, 2.45) is 0 Å². The first-order chi connectivity index (χ1) is 25.8. The molecule has 0 radical (unpaired) electrons. The zero-order valence-electron chi connectivity index (χ0n) is 33.7. The number of nitrogens with one attached hydrogen (secondary N) is 1. The Morgan fingerprint density at radius 1 is 0.604 bits per heavy atom. The average molecular weight is 768 g/mol. The molecule has 2 unspecified atom stereocenters. The van der Waals surface area contributed by atoms with Crippen molar-refractivity contribution in [1.82, 2.24) is 5.32 Å². The first-order valence-corrected chi connectivity index (χ1v) is 22.6. The van der Waals surface area contributed by atoms with Crippen LogP contribution in [0.15, 0.2) is 48.6 Å². The van der Waals surface area contributed by atoms with Crippen LogP contribution in [0.3, 0.4) is 0 Å². The van der Waals surface area contributed by atoms with Crippen LogP contribution in [0.5, 0.6) is 0 Å². The molecule has 0 aliphatic heterocycles. The van der Waals surface area contributed by atoms with Crippen molar-refractivity contribution in [3.8, 4) is 0 Å². The Hall–Kier alpha value is -2.03. The van der Waals surface area contributed by atoms with Crippen LogP contribution in [0.1, 0.15) is 181 Å². The molecule has 0 heterocycles. The van der Waals surface area contributed by atoms with Gasteiger partial charge in [-0.1, -0.05) is 146 Å². The van der Waals surface area contributed by atoms with E-state index in [1.807, 2.05) is 0 Å². The van der Waals surface area contributed by atoms with Crippen molar-refractivity contribution in [1.29, 1.82) is 0 Å². The molecule has 1 amide bonds. The zero-order valence-corrected chi connectivity index (χ0v) is 34.6. The number of ether oxygens (including phenoxy) is 1. The zero-order chi connectivity index (χ0) is 38.9. The second kappa shape index (κ2) is 39.7. The third-order valence-electron chi connectivity index (χ3n) is 8.74. The van der Waals surface area contributed by atoms with Gasteiger partial charge in [0, 0.05) is 19.4 Å². The Kier molecular flexibility index (Phi) is 38.1. The molecule has 0 saturated heterocycles. The van der Waals surface area contributed by atoms with E-state index in [1.54, 1.807) is 0 Å². The van der Waals surface area contributed by atoms with Crippen LogP contribution < -0.4 is 5.32 Å². The van der Waals surface area contributed by atoms with E-state index >= 15 is 0 Å². The Morgan fingerprint density at radius 3 is 1.66 bits per heavy atom. The summed E-state index contributed by atoms with van der Waals surface area (Å²) in [5.41, 5.74) is 0. The van der Waals surface area contributed by atoms with Gasteiger partial charge in [-0.15, -0.1) is 0 Å². The van der Waals surface area contributed by atoms with Crippen molar-refractivity contribution in [2.45, 2.75) is 187 Å². The number of carbonyl (C=O) groups is 2. The summed E-state index contributed by atoms with van der Waals surface area (Å²) in [5.74, 6) is -0.550. The van der Waals surface area contributed by atoms with Crippen molar-refractivity contribution >= 4 is 19.7 Å². The molecule has 0 aliphatic rings. The molecule has 0 aromatic heterocycles. The molecule has 53 heavy (non-hydrogen) atoms. The number of allylic oxidation sites excluding steroid dienone is 8. The van der Waals surface area contributed by atoms with Gasteiger partial charge in [0.2, 0.25) is 5.91 Å². The topological polar surface area (TPSA) is 131 Å². The molecule has 0 saturated carbocycles. The van der Waals surface area contributed by atoms with E-state index < -0.39 is 26.5 Å². The van der Waals surface area contributed by atoms with E-state index in [9.17, 15) is 24.2 Å². The van der Waals surface area contributed by atoms with Gasteiger partial charge in [0.1, 0.15) is 12.7 Å². The summed E-state index contributed by atoms with van der Waals surface area (Å²) in [7, 11) is -4.42. The molecule has 308 valence electrons. The molecule has 2 atom stereocenters. The van der Waals surface area contributed by atoms with E-state index in [-0.39, 0.29) is 32.1 Å². The van der Waals surface area contributed by atoms with Gasteiger partial charge in [0.15, 0.2) is 0 Å². The maximum absolute atomic E-state index is 12.1. The lowest BCUT2D eigenvalue weighted by Gasteiger charge is -2.15. The van der Waals surface area contributed by atoms with E-state index in [1.165, 1.54) is 89.9 Å². The van der Waals surface area contributed by atoms with Crippen LogP contribution in [0.2, 0.25) is 0 Å². The second-order valence-corrected chi connectivity index (χ2v) is 15.4. The van der Waals surface area contributed by atoms with E-state index in [2.05, 4.69) is 67.8 Å². The van der Waals surface area contributed by atoms with Gasteiger partial charge in [-0.3, -0.25) is 18.6 Å². The van der Waals surface area contributed by atoms with Crippen molar-refractivity contribution in [3.05, 3.63) is 48.6 Å². The van der Waals surface area contributed by atoms with Crippen molar-refractivity contribution in [3.63, 3.8) is 0 Å². The van der Waals surface area contributed by atoms with Gasteiger partial charge >= 0.3 is 13.8 Å². The molecule has 0 rings (SSSR count). The first kappa shape index (κ1) is 51.0. The largest absolute Gasteiger partial charge is 0.472 e. The normalized spacial score (nSPS) is 13.8. The number of esters is 1. The molecular weight excluding hydrogens is 689 g/mol. The SMILES string of the molecule is CC/C=C\C/C=C\C/C=C\CCCCCC(=O)OCC(O)COP(=O)(O)OCCNC(=O)CCCCCCCCCCC/C=C/CCCCCCCC. The number of hydrogen-bond acceptors (Lipinski definition) is 7. The highest BCUT2D eigenvalue weighted by molar-refractivity contribution is 7.47. The quantitative estimate of drug-likeness (QED) is 0.0244. The maximum Gasteiger partial charge on any atom is 0.472 e. The van der Waals surface area contributed by atoms with E-state index in [0.717, 1.165) is 57.8 Å².